The molecule has 0 fully saturated rings. The Balaban J connectivity index is 1.74. The van der Waals surface area contributed by atoms with Crippen molar-refractivity contribution >= 4 is 29.2 Å². The van der Waals surface area contributed by atoms with E-state index in [-0.39, 0.29) is 12.5 Å². The fourth-order valence-corrected chi connectivity index (χ4v) is 2.28. The molecule has 126 valence electrons. The fraction of sp³-hybridized carbons (Fsp3) is 0.222. The van der Waals surface area contributed by atoms with Crippen molar-refractivity contribution in [3.05, 3.63) is 64.2 Å². The quantitative estimate of drug-likeness (QED) is 0.622. The van der Waals surface area contributed by atoms with Gasteiger partial charge in [0.2, 0.25) is 0 Å². The van der Waals surface area contributed by atoms with Gasteiger partial charge in [0.05, 0.1) is 5.56 Å². The highest BCUT2D eigenvalue weighted by Gasteiger charge is 2.11. The molecule has 2 aromatic rings. The number of carbonyl (C=O) groups excluding carboxylic acids is 2. The van der Waals surface area contributed by atoms with E-state index in [1.54, 1.807) is 18.2 Å². The predicted octanol–water partition coefficient (Wildman–Crippen LogP) is 2.75. The van der Waals surface area contributed by atoms with Crippen molar-refractivity contribution in [2.75, 3.05) is 18.9 Å². The molecule has 2 rings (SSSR count). The van der Waals surface area contributed by atoms with Crippen molar-refractivity contribution in [3.63, 3.8) is 0 Å². The van der Waals surface area contributed by atoms with Crippen LogP contribution < -0.4 is 11.1 Å². The summed E-state index contributed by atoms with van der Waals surface area (Å²) in [5.74, 6) is -0.933. The van der Waals surface area contributed by atoms with E-state index in [1.807, 2.05) is 25.1 Å². The molecular formula is C18H19ClN2O3. The lowest BCUT2D eigenvalue weighted by atomic mass is 10.1. The minimum Gasteiger partial charge on any atom is -0.452 e. The number of hydrogen-bond donors (Lipinski definition) is 2. The van der Waals surface area contributed by atoms with Gasteiger partial charge in [-0.15, -0.1) is 0 Å². The van der Waals surface area contributed by atoms with E-state index >= 15 is 0 Å². The maximum absolute atomic E-state index is 11.9. The lowest BCUT2D eigenvalue weighted by molar-refractivity contribution is -0.124. The number of anilines is 1. The molecule has 0 bridgehead atoms. The Labute approximate surface area is 145 Å². The standard InChI is InChI=1S/C18H19ClN2O3/c1-12-5-6-14(10-16(12)20)18(23)24-11-17(22)21-8-7-13-3-2-4-15(19)9-13/h2-6,9-10H,7-8,11,20H2,1H3,(H,21,22). The Morgan fingerprint density at radius 3 is 2.71 bits per heavy atom. The van der Waals surface area contributed by atoms with Crippen molar-refractivity contribution in [1.29, 1.82) is 0 Å². The fourth-order valence-electron chi connectivity index (χ4n) is 2.07. The van der Waals surface area contributed by atoms with Gasteiger partial charge in [0, 0.05) is 17.3 Å². The van der Waals surface area contributed by atoms with Crippen LogP contribution in [0.4, 0.5) is 5.69 Å². The van der Waals surface area contributed by atoms with Crippen LogP contribution in [0, 0.1) is 6.92 Å². The summed E-state index contributed by atoms with van der Waals surface area (Å²) >= 11 is 5.90. The van der Waals surface area contributed by atoms with Crippen LogP contribution in [-0.2, 0) is 16.0 Å². The van der Waals surface area contributed by atoms with E-state index in [0.29, 0.717) is 29.2 Å². The number of ether oxygens (including phenoxy) is 1. The van der Waals surface area contributed by atoms with Crippen LogP contribution >= 0.6 is 11.6 Å². The molecule has 0 saturated heterocycles. The molecule has 3 N–H and O–H groups in total. The average Bonchev–Trinajstić information content (AvgIpc) is 2.55. The molecule has 0 unspecified atom stereocenters. The molecule has 0 aliphatic carbocycles. The van der Waals surface area contributed by atoms with E-state index < -0.39 is 5.97 Å². The van der Waals surface area contributed by atoms with Crippen molar-refractivity contribution in [2.24, 2.45) is 0 Å². The number of halogens is 1. The number of hydrogen-bond acceptors (Lipinski definition) is 4. The van der Waals surface area contributed by atoms with E-state index in [9.17, 15) is 9.59 Å². The first-order valence-corrected chi connectivity index (χ1v) is 7.88. The Bertz CT molecular complexity index is 747. The summed E-state index contributed by atoms with van der Waals surface area (Å²) in [6.07, 6.45) is 0.648. The van der Waals surface area contributed by atoms with E-state index in [1.165, 1.54) is 6.07 Å². The third kappa shape index (κ3) is 5.28. The summed E-state index contributed by atoms with van der Waals surface area (Å²) in [5, 5.41) is 3.35. The Hall–Kier alpha value is -2.53. The largest absolute Gasteiger partial charge is 0.452 e. The lowest BCUT2D eigenvalue weighted by Crippen LogP contribution is -2.30. The molecule has 0 aromatic heterocycles. The van der Waals surface area contributed by atoms with Crippen molar-refractivity contribution < 1.29 is 14.3 Å². The third-order valence-corrected chi connectivity index (χ3v) is 3.71. The Kier molecular flexibility index (Phi) is 6.21. The monoisotopic (exact) mass is 346 g/mol. The minimum absolute atomic E-state index is 0.324. The molecule has 0 heterocycles. The number of aryl methyl sites for hydroxylation is 1. The van der Waals surface area contributed by atoms with Gasteiger partial charge in [-0.05, 0) is 48.7 Å². The van der Waals surface area contributed by atoms with Gasteiger partial charge in [0.1, 0.15) is 0 Å². The van der Waals surface area contributed by atoms with Crippen molar-refractivity contribution in [1.82, 2.24) is 5.32 Å². The number of nitrogens with two attached hydrogens (primary N) is 1. The molecule has 0 radical (unpaired) electrons. The summed E-state index contributed by atoms with van der Waals surface area (Å²) < 4.78 is 4.98. The second-order valence-electron chi connectivity index (χ2n) is 5.38. The van der Waals surface area contributed by atoms with Gasteiger partial charge in [-0.1, -0.05) is 29.8 Å². The number of amides is 1. The molecule has 0 aliphatic heterocycles. The molecule has 24 heavy (non-hydrogen) atoms. The van der Waals surface area contributed by atoms with Gasteiger partial charge in [-0.2, -0.15) is 0 Å². The number of rotatable bonds is 6. The molecule has 5 nitrogen and oxygen atoms in total. The Morgan fingerprint density at radius 1 is 1.21 bits per heavy atom. The Morgan fingerprint density at radius 2 is 2.00 bits per heavy atom. The highest BCUT2D eigenvalue weighted by molar-refractivity contribution is 6.30. The van der Waals surface area contributed by atoms with Crippen LogP contribution in [-0.4, -0.2) is 25.0 Å². The average molecular weight is 347 g/mol. The zero-order valence-corrected chi connectivity index (χ0v) is 14.1. The van der Waals surface area contributed by atoms with E-state index in [0.717, 1.165) is 11.1 Å². The maximum Gasteiger partial charge on any atom is 0.338 e. The molecule has 1 amide bonds. The zero-order valence-electron chi connectivity index (χ0n) is 13.3. The smallest absolute Gasteiger partial charge is 0.338 e. The number of nitrogen functional groups attached to an aromatic ring is 1. The highest BCUT2D eigenvalue weighted by atomic mass is 35.5. The summed E-state index contributed by atoms with van der Waals surface area (Å²) in [4.78, 5) is 23.6. The van der Waals surface area contributed by atoms with Crippen LogP contribution in [0.3, 0.4) is 0 Å². The molecule has 0 spiro atoms. The van der Waals surface area contributed by atoms with Crippen LogP contribution in [0.1, 0.15) is 21.5 Å². The highest BCUT2D eigenvalue weighted by Crippen LogP contribution is 2.13. The maximum atomic E-state index is 11.9. The van der Waals surface area contributed by atoms with Gasteiger partial charge < -0.3 is 15.8 Å². The van der Waals surface area contributed by atoms with Crippen molar-refractivity contribution in [2.45, 2.75) is 13.3 Å². The molecule has 6 heteroatoms. The summed E-state index contributed by atoms with van der Waals surface area (Å²) in [6, 6.07) is 12.3. The normalized spacial score (nSPS) is 10.2. The first-order valence-electron chi connectivity index (χ1n) is 7.50. The molecule has 0 atom stereocenters. The predicted molar refractivity (Wildman–Crippen MR) is 94.0 cm³/mol. The van der Waals surface area contributed by atoms with E-state index in [2.05, 4.69) is 5.32 Å². The van der Waals surface area contributed by atoms with Gasteiger partial charge in [-0.25, -0.2) is 4.79 Å². The van der Waals surface area contributed by atoms with Crippen molar-refractivity contribution in [3.8, 4) is 0 Å². The summed E-state index contributed by atoms with van der Waals surface area (Å²) in [5.41, 5.74) is 8.49. The van der Waals surface area contributed by atoms with Crippen LogP contribution in [0.15, 0.2) is 42.5 Å². The lowest BCUT2D eigenvalue weighted by Gasteiger charge is -2.08. The first-order chi connectivity index (χ1) is 11.5. The van der Waals surface area contributed by atoms with Crippen LogP contribution in [0.5, 0.6) is 0 Å². The second-order valence-corrected chi connectivity index (χ2v) is 5.81. The van der Waals surface area contributed by atoms with Gasteiger partial charge in [0.25, 0.3) is 5.91 Å². The third-order valence-electron chi connectivity index (χ3n) is 3.47. The summed E-state index contributed by atoms with van der Waals surface area (Å²) in [7, 11) is 0. The second kappa shape index (κ2) is 8.36. The zero-order chi connectivity index (χ0) is 17.5. The number of carbonyl (C=O) groups is 2. The van der Waals surface area contributed by atoms with Crippen LogP contribution in [0.2, 0.25) is 5.02 Å². The molecule has 2 aromatic carbocycles. The minimum atomic E-state index is -0.577. The molecule has 0 aliphatic rings. The number of esters is 1. The van der Waals surface area contributed by atoms with Gasteiger partial charge >= 0.3 is 5.97 Å². The van der Waals surface area contributed by atoms with E-state index in [4.69, 9.17) is 22.1 Å². The van der Waals surface area contributed by atoms with Gasteiger partial charge in [-0.3, -0.25) is 4.79 Å². The topological polar surface area (TPSA) is 81.4 Å². The van der Waals surface area contributed by atoms with Crippen LogP contribution in [0.25, 0.3) is 0 Å². The number of benzene rings is 2. The summed E-state index contributed by atoms with van der Waals surface area (Å²) in [6.45, 7) is 1.95. The molecular weight excluding hydrogens is 328 g/mol. The number of nitrogens with one attached hydrogen (secondary N) is 1. The molecule has 0 saturated carbocycles. The first kappa shape index (κ1) is 17.8. The SMILES string of the molecule is Cc1ccc(C(=O)OCC(=O)NCCc2cccc(Cl)c2)cc1N. The van der Waals surface area contributed by atoms with Gasteiger partial charge in [0.15, 0.2) is 6.61 Å².